The summed E-state index contributed by atoms with van der Waals surface area (Å²) in [6.07, 6.45) is 4.02. The minimum atomic E-state index is 0.657. The van der Waals surface area contributed by atoms with Crippen LogP contribution in [0.4, 0.5) is 0 Å². The molecule has 2 rings (SSSR count). The van der Waals surface area contributed by atoms with E-state index in [0.29, 0.717) is 6.04 Å². The van der Waals surface area contributed by atoms with Gasteiger partial charge in [0.15, 0.2) is 0 Å². The topological polar surface area (TPSA) is 27.3 Å². The molecule has 17 heavy (non-hydrogen) atoms. The van der Waals surface area contributed by atoms with Crippen LogP contribution in [0.25, 0.3) is 0 Å². The fraction of sp³-hybridized carbons (Fsp3) is 1.00. The van der Waals surface area contributed by atoms with Crippen molar-refractivity contribution in [1.29, 1.82) is 0 Å². The van der Waals surface area contributed by atoms with Crippen molar-refractivity contribution in [3.63, 3.8) is 0 Å². The maximum atomic E-state index is 3.67. The molecule has 0 aromatic carbocycles. The molecule has 2 saturated heterocycles. The predicted octanol–water partition coefficient (Wildman–Crippen LogP) is 1.16. The zero-order chi connectivity index (χ0) is 11.9. The van der Waals surface area contributed by atoms with Crippen LogP contribution in [-0.2, 0) is 0 Å². The largest absolute Gasteiger partial charge is 0.314 e. The van der Waals surface area contributed by atoms with Gasteiger partial charge >= 0.3 is 0 Å². The van der Waals surface area contributed by atoms with Gasteiger partial charge in [0.1, 0.15) is 0 Å². The summed E-state index contributed by atoms with van der Waals surface area (Å²) in [5.74, 6) is 2.64. The first-order valence-electron chi connectivity index (χ1n) is 7.11. The average Bonchev–Trinajstić information content (AvgIpc) is 2.83. The minimum absolute atomic E-state index is 0.657. The lowest BCUT2D eigenvalue weighted by Crippen LogP contribution is -2.41. The Bertz CT molecular complexity index is 201. The van der Waals surface area contributed by atoms with E-state index in [9.17, 15) is 0 Å². The second kappa shape index (κ2) is 7.62. The Morgan fingerprint density at radius 3 is 2.94 bits per heavy atom. The fourth-order valence-corrected chi connectivity index (χ4v) is 3.74. The summed E-state index contributed by atoms with van der Waals surface area (Å²) in [5, 5.41) is 7.24. The molecule has 0 aromatic rings. The van der Waals surface area contributed by atoms with Crippen LogP contribution < -0.4 is 10.6 Å². The molecule has 4 heteroatoms. The molecule has 0 spiro atoms. The lowest BCUT2D eigenvalue weighted by atomic mass is 10.1. The highest BCUT2D eigenvalue weighted by Gasteiger charge is 2.17. The number of hydrogen-bond acceptors (Lipinski definition) is 4. The minimum Gasteiger partial charge on any atom is -0.314 e. The molecule has 0 aromatic heterocycles. The normalized spacial score (nSPS) is 28.4. The molecule has 0 radical (unpaired) electrons. The molecule has 2 aliphatic heterocycles. The van der Waals surface area contributed by atoms with Gasteiger partial charge in [-0.3, -0.25) is 0 Å². The molecule has 0 aliphatic carbocycles. The summed E-state index contributed by atoms with van der Waals surface area (Å²) in [7, 11) is 0. The summed E-state index contributed by atoms with van der Waals surface area (Å²) in [6.45, 7) is 8.49. The van der Waals surface area contributed by atoms with Gasteiger partial charge in [0, 0.05) is 49.8 Å². The van der Waals surface area contributed by atoms with Crippen LogP contribution in [-0.4, -0.2) is 61.2 Å². The van der Waals surface area contributed by atoms with Crippen molar-refractivity contribution in [2.24, 2.45) is 0 Å². The molecule has 2 heterocycles. The lowest BCUT2D eigenvalue weighted by Gasteiger charge is -2.27. The SMILES string of the molecule is CC(CC1CCCN1)NCCN1CCSCC1. The van der Waals surface area contributed by atoms with Crippen molar-refractivity contribution in [1.82, 2.24) is 15.5 Å². The third-order valence-corrected chi connectivity index (χ3v) is 4.77. The van der Waals surface area contributed by atoms with Crippen molar-refractivity contribution in [2.75, 3.05) is 44.2 Å². The van der Waals surface area contributed by atoms with Crippen molar-refractivity contribution < 1.29 is 0 Å². The Morgan fingerprint density at radius 2 is 2.24 bits per heavy atom. The maximum absolute atomic E-state index is 3.67. The molecule has 2 unspecified atom stereocenters. The maximum Gasteiger partial charge on any atom is 0.0108 e. The second-order valence-electron chi connectivity index (χ2n) is 5.34. The van der Waals surface area contributed by atoms with Gasteiger partial charge in [0.2, 0.25) is 0 Å². The molecule has 0 amide bonds. The monoisotopic (exact) mass is 257 g/mol. The van der Waals surface area contributed by atoms with Crippen LogP contribution in [0, 0.1) is 0 Å². The molecule has 0 saturated carbocycles. The van der Waals surface area contributed by atoms with Gasteiger partial charge in [0.05, 0.1) is 0 Å². The zero-order valence-electron chi connectivity index (χ0n) is 11.1. The van der Waals surface area contributed by atoms with E-state index in [2.05, 4.69) is 34.2 Å². The van der Waals surface area contributed by atoms with Gasteiger partial charge < -0.3 is 15.5 Å². The van der Waals surface area contributed by atoms with Crippen LogP contribution in [0.3, 0.4) is 0 Å². The first kappa shape index (κ1) is 13.7. The van der Waals surface area contributed by atoms with Crippen molar-refractivity contribution in [2.45, 2.75) is 38.3 Å². The van der Waals surface area contributed by atoms with Gasteiger partial charge in [0.25, 0.3) is 0 Å². The summed E-state index contributed by atoms with van der Waals surface area (Å²) in [5.41, 5.74) is 0. The van der Waals surface area contributed by atoms with Crippen LogP contribution in [0.1, 0.15) is 26.2 Å². The molecule has 2 atom stereocenters. The number of thioether (sulfide) groups is 1. The molecule has 0 bridgehead atoms. The number of nitrogens with one attached hydrogen (secondary N) is 2. The van der Waals surface area contributed by atoms with Gasteiger partial charge in [-0.15, -0.1) is 0 Å². The molecular weight excluding hydrogens is 230 g/mol. The first-order valence-corrected chi connectivity index (χ1v) is 8.27. The number of rotatable bonds is 6. The van der Waals surface area contributed by atoms with E-state index in [0.717, 1.165) is 12.6 Å². The van der Waals surface area contributed by atoms with Gasteiger partial charge in [-0.1, -0.05) is 0 Å². The van der Waals surface area contributed by atoms with E-state index >= 15 is 0 Å². The standard InChI is InChI=1S/C13H27N3S/c1-12(11-13-3-2-4-15-13)14-5-6-16-7-9-17-10-8-16/h12-15H,2-11H2,1H3. The highest BCUT2D eigenvalue weighted by atomic mass is 32.2. The van der Waals surface area contributed by atoms with E-state index < -0.39 is 0 Å². The molecule has 2 N–H and O–H groups in total. The molecule has 100 valence electrons. The Kier molecular flexibility index (Phi) is 6.12. The van der Waals surface area contributed by atoms with E-state index in [1.54, 1.807) is 0 Å². The molecule has 2 aliphatic rings. The Hall–Kier alpha value is 0.230. The average molecular weight is 257 g/mol. The van der Waals surface area contributed by atoms with Crippen molar-refractivity contribution >= 4 is 11.8 Å². The van der Waals surface area contributed by atoms with Gasteiger partial charge in [-0.05, 0) is 32.7 Å². The lowest BCUT2D eigenvalue weighted by molar-refractivity contribution is 0.293. The molecular formula is C13H27N3S. The highest BCUT2D eigenvalue weighted by Crippen LogP contribution is 2.11. The van der Waals surface area contributed by atoms with Crippen LogP contribution in [0.5, 0.6) is 0 Å². The quantitative estimate of drug-likeness (QED) is 0.747. The first-order chi connectivity index (χ1) is 8.34. The third kappa shape index (κ3) is 5.16. The Labute approximate surface area is 110 Å². The van der Waals surface area contributed by atoms with Crippen molar-refractivity contribution in [3.05, 3.63) is 0 Å². The second-order valence-corrected chi connectivity index (χ2v) is 6.56. The Morgan fingerprint density at radius 1 is 1.41 bits per heavy atom. The van der Waals surface area contributed by atoms with Crippen LogP contribution >= 0.6 is 11.8 Å². The zero-order valence-corrected chi connectivity index (χ0v) is 11.9. The van der Waals surface area contributed by atoms with E-state index in [4.69, 9.17) is 0 Å². The highest BCUT2D eigenvalue weighted by molar-refractivity contribution is 7.99. The summed E-state index contributed by atoms with van der Waals surface area (Å²) >= 11 is 2.09. The van der Waals surface area contributed by atoms with Gasteiger partial charge in [-0.2, -0.15) is 11.8 Å². The molecule has 2 fully saturated rings. The number of hydrogen-bond donors (Lipinski definition) is 2. The predicted molar refractivity (Wildman–Crippen MR) is 76.9 cm³/mol. The fourth-order valence-electron chi connectivity index (χ4n) is 2.76. The van der Waals surface area contributed by atoms with Crippen LogP contribution in [0.2, 0.25) is 0 Å². The van der Waals surface area contributed by atoms with E-state index in [-0.39, 0.29) is 0 Å². The molecule has 3 nitrogen and oxygen atoms in total. The van der Waals surface area contributed by atoms with Crippen LogP contribution in [0.15, 0.2) is 0 Å². The summed E-state index contributed by atoms with van der Waals surface area (Å²) < 4.78 is 0. The number of nitrogens with zero attached hydrogens (tertiary/aromatic N) is 1. The third-order valence-electron chi connectivity index (χ3n) is 3.82. The van der Waals surface area contributed by atoms with Crippen molar-refractivity contribution in [3.8, 4) is 0 Å². The van der Waals surface area contributed by atoms with Gasteiger partial charge in [-0.25, -0.2) is 0 Å². The van der Waals surface area contributed by atoms with E-state index in [1.807, 2.05) is 0 Å². The summed E-state index contributed by atoms with van der Waals surface area (Å²) in [6, 6.07) is 1.42. The van der Waals surface area contributed by atoms with E-state index in [1.165, 1.54) is 56.9 Å². The summed E-state index contributed by atoms with van der Waals surface area (Å²) in [4.78, 5) is 2.59. The Balaban J connectivity index is 1.51. The smallest absolute Gasteiger partial charge is 0.0108 e.